The Morgan fingerprint density at radius 1 is 0.651 bits per heavy atom. The highest BCUT2D eigenvalue weighted by Crippen LogP contribution is 2.40. The van der Waals surface area contributed by atoms with Crippen molar-refractivity contribution in [3.8, 4) is 0 Å². The van der Waals surface area contributed by atoms with Crippen molar-refractivity contribution in [1.29, 1.82) is 0 Å². The molecule has 6 atom stereocenters. The molecule has 8 nitrogen and oxygen atoms in total. The topological polar surface area (TPSA) is 83.5 Å². The monoisotopic (exact) mass is 577 g/mol. The normalized spacial score (nSPS) is 26.7. The second-order valence-corrected chi connectivity index (χ2v) is 10.8. The lowest BCUT2D eigenvalue weighted by atomic mass is 9.94. The number of carbonyl (C=O) groups excluding carboxylic acids is 2. The molecule has 3 aliphatic rings. The average Bonchev–Trinajstić information content (AvgIpc) is 3.32. The van der Waals surface area contributed by atoms with Gasteiger partial charge in [0, 0.05) is 5.56 Å². The highest BCUT2D eigenvalue weighted by atomic mass is 16.7. The number of ether oxygens (including phenoxy) is 5. The van der Waals surface area contributed by atoms with Crippen LogP contribution in [0.4, 0.5) is 0 Å². The fourth-order valence-electron chi connectivity index (χ4n) is 5.94. The van der Waals surface area contributed by atoms with Crippen molar-refractivity contribution in [3.63, 3.8) is 0 Å². The van der Waals surface area contributed by atoms with Crippen molar-refractivity contribution in [2.24, 2.45) is 0 Å². The summed E-state index contributed by atoms with van der Waals surface area (Å²) in [5.41, 5.74) is 3.40. The van der Waals surface area contributed by atoms with Gasteiger partial charge in [-0.25, -0.2) is 0 Å². The molecule has 3 aliphatic heterocycles. The van der Waals surface area contributed by atoms with Gasteiger partial charge in [0.05, 0.1) is 30.9 Å². The quantitative estimate of drug-likeness (QED) is 0.263. The standard InChI is InChI=1S/C35H31NO7/c37-32-26-18-10-11-19-27(26)33(38)36(32)29-31(39-20-23-12-4-1-5-13-23)30-28(22-41-34(43-30)25-16-8-3-9-17-25)42-35(29)40-21-24-14-6-2-7-15-24/h1-19,28-31,34-35H,20-22H2/t28-,29+,30-,31-,34+,35-/m1/s1. The molecule has 0 bridgehead atoms. The van der Waals surface area contributed by atoms with Gasteiger partial charge < -0.3 is 23.7 Å². The predicted molar refractivity (Wildman–Crippen MR) is 156 cm³/mol. The Labute approximate surface area is 249 Å². The Bertz CT molecular complexity index is 1530. The van der Waals surface area contributed by atoms with Crippen LogP contribution in [0.3, 0.4) is 0 Å². The summed E-state index contributed by atoms with van der Waals surface area (Å²) >= 11 is 0. The number of hydrogen-bond donors (Lipinski definition) is 0. The molecular formula is C35H31NO7. The van der Waals surface area contributed by atoms with E-state index in [4.69, 9.17) is 23.7 Å². The highest BCUT2D eigenvalue weighted by molar-refractivity contribution is 6.21. The van der Waals surface area contributed by atoms with Crippen LogP contribution >= 0.6 is 0 Å². The van der Waals surface area contributed by atoms with Gasteiger partial charge in [0.1, 0.15) is 24.4 Å². The van der Waals surface area contributed by atoms with Crippen LogP contribution in [0, 0.1) is 0 Å². The van der Waals surface area contributed by atoms with Gasteiger partial charge in [-0.3, -0.25) is 14.5 Å². The summed E-state index contributed by atoms with van der Waals surface area (Å²) in [6.45, 7) is 0.664. The van der Waals surface area contributed by atoms with Crippen LogP contribution in [0.2, 0.25) is 0 Å². The van der Waals surface area contributed by atoms with Crippen LogP contribution in [0.15, 0.2) is 115 Å². The number of nitrogens with zero attached hydrogens (tertiary/aromatic N) is 1. The zero-order valence-corrected chi connectivity index (χ0v) is 23.4. The largest absolute Gasteiger partial charge is 0.368 e. The van der Waals surface area contributed by atoms with E-state index in [9.17, 15) is 9.59 Å². The fourth-order valence-corrected chi connectivity index (χ4v) is 5.94. The van der Waals surface area contributed by atoms with E-state index in [2.05, 4.69) is 0 Å². The minimum Gasteiger partial charge on any atom is -0.368 e. The van der Waals surface area contributed by atoms with Gasteiger partial charge in [0.25, 0.3) is 11.8 Å². The third kappa shape index (κ3) is 5.51. The summed E-state index contributed by atoms with van der Waals surface area (Å²) in [4.78, 5) is 29.0. The Morgan fingerprint density at radius 3 is 1.79 bits per heavy atom. The molecule has 0 unspecified atom stereocenters. The molecule has 0 aromatic heterocycles. The van der Waals surface area contributed by atoms with Crippen molar-refractivity contribution in [1.82, 2.24) is 4.90 Å². The molecule has 8 heteroatoms. The van der Waals surface area contributed by atoms with Crippen LogP contribution in [0.5, 0.6) is 0 Å². The zero-order chi connectivity index (χ0) is 29.2. The molecule has 0 N–H and O–H groups in total. The van der Waals surface area contributed by atoms with E-state index in [-0.39, 0.29) is 19.8 Å². The molecule has 0 saturated carbocycles. The number of amides is 2. The first-order chi connectivity index (χ1) is 21.2. The molecule has 3 heterocycles. The molecule has 2 amide bonds. The maximum Gasteiger partial charge on any atom is 0.262 e. The Balaban J connectivity index is 1.26. The summed E-state index contributed by atoms with van der Waals surface area (Å²) in [5, 5.41) is 0. The number of carbonyl (C=O) groups is 2. The first-order valence-corrected chi connectivity index (χ1v) is 14.4. The molecule has 4 aromatic rings. The van der Waals surface area contributed by atoms with Crippen LogP contribution < -0.4 is 0 Å². The first-order valence-electron chi connectivity index (χ1n) is 14.4. The van der Waals surface area contributed by atoms with Crippen molar-refractivity contribution in [2.45, 2.75) is 50.1 Å². The van der Waals surface area contributed by atoms with E-state index in [1.165, 1.54) is 4.90 Å². The van der Waals surface area contributed by atoms with Gasteiger partial charge in [-0.1, -0.05) is 103 Å². The molecule has 0 radical (unpaired) electrons. The molecule has 2 fully saturated rings. The third-order valence-corrected chi connectivity index (χ3v) is 8.04. The van der Waals surface area contributed by atoms with E-state index in [0.29, 0.717) is 11.1 Å². The first kappa shape index (κ1) is 27.6. The van der Waals surface area contributed by atoms with Crippen LogP contribution in [0.25, 0.3) is 0 Å². The fraction of sp³-hybridized carbons (Fsp3) is 0.257. The summed E-state index contributed by atoms with van der Waals surface area (Å²) in [7, 11) is 0. The molecular weight excluding hydrogens is 546 g/mol. The van der Waals surface area contributed by atoms with E-state index < -0.39 is 48.7 Å². The minimum atomic E-state index is -0.995. The molecule has 0 spiro atoms. The average molecular weight is 578 g/mol. The number of fused-ring (bicyclic) bond motifs is 2. The lowest BCUT2D eigenvalue weighted by Crippen LogP contribution is -2.68. The van der Waals surface area contributed by atoms with Crippen molar-refractivity contribution in [3.05, 3.63) is 143 Å². The minimum absolute atomic E-state index is 0.211. The van der Waals surface area contributed by atoms with E-state index >= 15 is 0 Å². The summed E-state index contributed by atoms with van der Waals surface area (Å²) in [6, 6.07) is 35.0. The smallest absolute Gasteiger partial charge is 0.262 e. The third-order valence-electron chi connectivity index (χ3n) is 8.04. The number of imide groups is 1. The van der Waals surface area contributed by atoms with E-state index in [1.54, 1.807) is 24.3 Å². The van der Waals surface area contributed by atoms with Gasteiger partial charge in [0.2, 0.25) is 0 Å². The SMILES string of the molecule is O=C1c2ccccc2C(=O)N1[C@@H]1[C@H](OCc2ccccc2)O[C@@H]2CO[C@H](c3ccccc3)O[C@H]2[C@@H]1OCc1ccccc1. The second kappa shape index (κ2) is 12.2. The lowest BCUT2D eigenvalue weighted by Gasteiger charge is -2.50. The van der Waals surface area contributed by atoms with Gasteiger partial charge in [-0.15, -0.1) is 0 Å². The van der Waals surface area contributed by atoms with Crippen LogP contribution in [-0.4, -0.2) is 54.0 Å². The predicted octanol–water partition coefficient (Wildman–Crippen LogP) is 5.29. The van der Waals surface area contributed by atoms with Gasteiger partial charge in [-0.05, 0) is 23.3 Å². The molecule has 7 rings (SSSR count). The summed E-state index contributed by atoms with van der Waals surface area (Å²) in [5.74, 6) is -0.832. The second-order valence-electron chi connectivity index (χ2n) is 10.8. The Morgan fingerprint density at radius 2 is 1.19 bits per heavy atom. The van der Waals surface area contributed by atoms with Gasteiger partial charge in [-0.2, -0.15) is 0 Å². The van der Waals surface area contributed by atoms with E-state index in [0.717, 1.165) is 16.7 Å². The van der Waals surface area contributed by atoms with Crippen LogP contribution in [0.1, 0.15) is 43.7 Å². The van der Waals surface area contributed by atoms with Crippen molar-refractivity contribution >= 4 is 11.8 Å². The molecule has 218 valence electrons. The maximum atomic E-state index is 13.9. The summed E-state index contributed by atoms with van der Waals surface area (Å²) in [6.07, 6.45) is -3.66. The van der Waals surface area contributed by atoms with Crippen molar-refractivity contribution < 1.29 is 33.3 Å². The highest BCUT2D eigenvalue weighted by Gasteiger charge is 2.57. The zero-order valence-electron chi connectivity index (χ0n) is 23.4. The molecule has 4 aromatic carbocycles. The Kier molecular flexibility index (Phi) is 7.84. The maximum absolute atomic E-state index is 13.9. The van der Waals surface area contributed by atoms with E-state index in [1.807, 2.05) is 91.0 Å². The molecule has 0 aliphatic carbocycles. The van der Waals surface area contributed by atoms with Crippen LogP contribution in [-0.2, 0) is 36.9 Å². The Hall–Kier alpha value is -4.18. The van der Waals surface area contributed by atoms with Crippen molar-refractivity contribution in [2.75, 3.05) is 6.61 Å². The van der Waals surface area contributed by atoms with Gasteiger partial charge in [0.15, 0.2) is 12.6 Å². The summed E-state index contributed by atoms with van der Waals surface area (Å²) < 4.78 is 32.2. The molecule has 2 saturated heterocycles. The van der Waals surface area contributed by atoms with Gasteiger partial charge >= 0.3 is 0 Å². The number of rotatable bonds is 8. The lowest BCUT2D eigenvalue weighted by molar-refractivity contribution is -0.355. The molecule has 43 heavy (non-hydrogen) atoms. The number of benzene rings is 4. The number of hydrogen-bond acceptors (Lipinski definition) is 7.